The minimum Gasteiger partial charge on any atom is -0.395 e. The summed E-state index contributed by atoms with van der Waals surface area (Å²) in [5.74, 6) is -0.454. The topological polar surface area (TPSA) is 48.0 Å². The van der Waals surface area contributed by atoms with Crippen LogP contribution < -0.4 is 5.76 Å². The van der Waals surface area contributed by atoms with Gasteiger partial charge in [0.1, 0.15) is 0 Å². The van der Waals surface area contributed by atoms with Crippen molar-refractivity contribution >= 4 is 22.9 Å². The normalized spacial score (nSPS) is 10.5. The fourth-order valence-electron chi connectivity index (χ4n) is 0.923. The number of hydrogen-bond acceptors (Lipinski definition) is 4. The quantitative estimate of drug-likeness (QED) is 0.766. The van der Waals surface area contributed by atoms with Gasteiger partial charge >= 0.3 is 5.76 Å². The smallest absolute Gasteiger partial charge is 0.395 e. The van der Waals surface area contributed by atoms with Crippen molar-refractivity contribution in [1.29, 1.82) is 0 Å². The summed E-state index contributed by atoms with van der Waals surface area (Å²) in [7, 11) is 0. The Kier molecular flexibility index (Phi) is 2.20. The van der Waals surface area contributed by atoms with Crippen molar-refractivity contribution in [2.24, 2.45) is 0 Å². The summed E-state index contributed by atoms with van der Waals surface area (Å²) >= 11 is 7.15. The molecule has 2 aromatic heterocycles. The largest absolute Gasteiger partial charge is 0.437 e. The molecule has 0 radical (unpaired) electrons. The Bertz CT molecular complexity index is 459. The molecule has 0 atom stereocenters. The SMILES string of the molecule is O=c1ocnn1Cc1ccc(Cl)s1. The summed E-state index contributed by atoms with van der Waals surface area (Å²) in [6.07, 6.45) is 1.12. The third-order valence-corrected chi connectivity index (χ3v) is 2.70. The highest BCUT2D eigenvalue weighted by Gasteiger charge is 2.03. The van der Waals surface area contributed by atoms with E-state index in [9.17, 15) is 4.79 Å². The van der Waals surface area contributed by atoms with Crippen LogP contribution in [0.4, 0.5) is 0 Å². The molecule has 0 aliphatic carbocycles. The number of rotatable bonds is 2. The molecule has 0 unspecified atom stereocenters. The third kappa shape index (κ3) is 1.81. The Morgan fingerprint density at radius 2 is 2.46 bits per heavy atom. The summed E-state index contributed by atoms with van der Waals surface area (Å²) in [5, 5.41) is 3.72. The Labute approximate surface area is 82.4 Å². The lowest BCUT2D eigenvalue weighted by Gasteiger charge is -1.92. The second-order valence-corrected chi connectivity index (χ2v) is 4.17. The van der Waals surface area contributed by atoms with Crippen LogP contribution in [-0.2, 0) is 6.54 Å². The standard InChI is InChI=1S/C7H5ClN2O2S/c8-6-2-1-5(13-6)3-10-7(11)12-4-9-10/h1-2,4H,3H2. The van der Waals surface area contributed by atoms with Gasteiger partial charge in [-0.3, -0.25) is 0 Å². The first-order valence-electron chi connectivity index (χ1n) is 3.50. The number of thiophene rings is 1. The second kappa shape index (κ2) is 3.35. The van der Waals surface area contributed by atoms with Crippen molar-refractivity contribution in [3.05, 3.63) is 38.3 Å². The Morgan fingerprint density at radius 1 is 1.62 bits per heavy atom. The molecular weight excluding hydrogens is 212 g/mol. The Morgan fingerprint density at radius 3 is 3.00 bits per heavy atom. The van der Waals surface area contributed by atoms with Gasteiger partial charge in [0.05, 0.1) is 10.9 Å². The minimum atomic E-state index is -0.454. The highest BCUT2D eigenvalue weighted by atomic mass is 35.5. The maximum absolute atomic E-state index is 10.9. The van der Waals surface area contributed by atoms with Crippen molar-refractivity contribution in [2.75, 3.05) is 0 Å². The molecule has 68 valence electrons. The molecular formula is C7H5ClN2O2S. The lowest BCUT2D eigenvalue weighted by atomic mass is 10.5. The zero-order valence-electron chi connectivity index (χ0n) is 6.44. The van der Waals surface area contributed by atoms with E-state index in [1.807, 2.05) is 6.07 Å². The first-order valence-corrected chi connectivity index (χ1v) is 4.70. The first kappa shape index (κ1) is 8.52. The van der Waals surface area contributed by atoms with E-state index in [2.05, 4.69) is 9.52 Å². The highest BCUT2D eigenvalue weighted by Crippen LogP contribution is 2.21. The van der Waals surface area contributed by atoms with E-state index in [4.69, 9.17) is 11.6 Å². The van der Waals surface area contributed by atoms with Crippen molar-refractivity contribution < 1.29 is 4.42 Å². The van der Waals surface area contributed by atoms with Gasteiger partial charge in [-0.15, -0.1) is 16.4 Å². The molecule has 0 saturated carbocycles. The van der Waals surface area contributed by atoms with Gasteiger partial charge in [-0.1, -0.05) is 11.6 Å². The summed E-state index contributed by atoms with van der Waals surface area (Å²) in [5.41, 5.74) is 0. The van der Waals surface area contributed by atoms with Crippen LogP contribution >= 0.6 is 22.9 Å². The molecule has 0 saturated heterocycles. The molecule has 0 bridgehead atoms. The second-order valence-electron chi connectivity index (χ2n) is 2.37. The van der Waals surface area contributed by atoms with Gasteiger partial charge in [-0.05, 0) is 12.1 Å². The number of nitrogens with zero attached hydrogens (tertiary/aromatic N) is 2. The Hall–Kier alpha value is -1.07. The molecule has 0 spiro atoms. The van der Waals surface area contributed by atoms with Gasteiger partial charge in [0.2, 0.25) is 6.39 Å². The predicted octanol–water partition coefficient (Wildman–Crippen LogP) is 1.60. The summed E-state index contributed by atoms with van der Waals surface area (Å²) in [6.45, 7) is 0.409. The number of halogens is 1. The molecule has 0 fully saturated rings. The molecule has 0 N–H and O–H groups in total. The molecule has 2 heterocycles. The minimum absolute atomic E-state index is 0.409. The van der Waals surface area contributed by atoms with Crippen molar-refractivity contribution in [3.63, 3.8) is 0 Å². The van der Waals surface area contributed by atoms with Crippen LogP contribution in [0.1, 0.15) is 4.88 Å². The van der Waals surface area contributed by atoms with Crippen LogP contribution in [0.5, 0.6) is 0 Å². The fraction of sp³-hybridized carbons (Fsp3) is 0.143. The van der Waals surface area contributed by atoms with E-state index < -0.39 is 5.76 Å². The third-order valence-electron chi connectivity index (χ3n) is 1.49. The van der Waals surface area contributed by atoms with Crippen molar-refractivity contribution in [3.8, 4) is 0 Å². The van der Waals surface area contributed by atoms with Gasteiger partial charge < -0.3 is 4.42 Å². The molecule has 13 heavy (non-hydrogen) atoms. The average Bonchev–Trinajstić information content (AvgIpc) is 2.64. The molecule has 2 aromatic rings. The van der Waals surface area contributed by atoms with Crippen LogP contribution in [0.2, 0.25) is 4.34 Å². The van der Waals surface area contributed by atoms with E-state index in [-0.39, 0.29) is 0 Å². The molecule has 0 aromatic carbocycles. The number of hydrogen-bond donors (Lipinski definition) is 0. The molecule has 2 rings (SSSR count). The van der Waals surface area contributed by atoms with Crippen molar-refractivity contribution in [2.45, 2.75) is 6.54 Å². The zero-order valence-corrected chi connectivity index (χ0v) is 8.01. The fourth-order valence-corrected chi connectivity index (χ4v) is 1.99. The van der Waals surface area contributed by atoms with Crippen LogP contribution in [0.25, 0.3) is 0 Å². The number of aromatic nitrogens is 2. The van der Waals surface area contributed by atoms with Gasteiger partial charge in [-0.25, -0.2) is 4.79 Å². The summed E-state index contributed by atoms with van der Waals surface area (Å²) in [6, 6.07) is 3.64. The monoisotopic (exact) mass is 216 g/mol. The maximum Gasteiger partial charge on any atom is 0.437 e. The maximum atomic E-state index is 10.9. The van der Waals surface area contributed by atoms with Gasteiger partial charge in [-0.2, -0.15) is 4.68 Å². The first-order chi connectivity index (χ1) is 6.25. The van der Waals surface area contributed by atoms with E-state index in [1.165, 1.54) is 16.0 Å². The van der Waals surface area contributed by atoms with E-state index in [1.54, 1.807) is 6.07 Å². The molecule has 0 aliphatic heterocycles. The van der Waals surface area contributed by atoms with Crippen LogP contribution in [-0.4, -0.2) is 9.78 Å². The van der Waals surface area contributed by atoms with E-state index in [0.29, 0.717) is 10.9 Å². The molecule has 0 aliphatic rings. The molecule has 4 nitrogen and oxygen atoms in total. The van der Waals surface area contributed by atoms with E-state index >= 15 is 0 Å². The lowest BCUT2D eigenvalue weighted by Crippen LogP contribution is -2.15. The van der Waals surface area contributed by atoms with Gasteiger partial charge in [0.15, 0.2) is 0 Å². The summed E-state index contributed by atoms with van der Waals surface area (Å²) in [4.78, 5) is 11.9. The molecule has 6 heteroatoms. The Balaban J connectivity index is 2.24. The summed E-state index contributed by atoms with van der Waals surface area (Å²) < 4.78 is 6.45. The van der Waals surface area contributed by atoms with Crippen LogP contribution in [0.3, 0.4) is 0 Å². The molecule has 0 amide bonds. The van der Waals surface area contributed by atoms with E-state index in [0.717, 1.165) is 11.3 Å². The van der Waals surface area contributed by atoms with Crippen molar-refractivity contribution in [1.82, 2.24) is 9.78 Å². The highest BCUT2D eigenvalue weighted by molar-refractivity contribution is 7.16. The zero-order chi connectivity index (χ0) is 9.26. The predicted molar refractivity (Wildman–Crippen MR) is 49.2 cm³/mol. The van der Waals surface area contributed by atoms with Crippen LogP contribution in [0.15, 0.2) is 27.7 Å². The average molecular weight is 217 g/mol. The van der Waals surface area contributed by atoms with Crippen LogP contribution in [0, 0.1) is 0 Å². The van der Waals surface area contributed by atoms with Gasteiger partial charge in [0, 0.05) is 4.88 Å². The van der Waals surface area contributed by atoms with Gasteiger partial charge in [0.25, 0.3) is 0 Å². The lowest BCUT2D eigenvalue weighted by molar-refractivity contribution is 0.487.